The smallest absolute Gasteiger partial charge is 0.0529 e. The molecule has 0 aromatic rings. The van der Waals surface area contributed by atoms with Gasteiger partial charge in [-0.25, -0.2) is 0 Å². The van der Waals surface area contributed by atoms with Gasteiger partial charge in [0, 0.05) is 38.3 Å². The van der Waals surface area contributed by atoms with E-state index in [0.29, 0.717) is 6.04 Å². The standard InChI is InChI=1S/C12H27NO2/c1-11(2)13-9-12(3,4)10-15-8-6-7-14-5/h11,13H,6-10H2,1-5H3. The highest BCUT2D eigenvalue weighted by Gasteiger charge is 2.17. The van der Waals surface area contributed by atoms with E-state index in [-0.39, 0.29) is 5.41 Å². The lowest BCUT2D eigenvalue weighted by Gasteiger charge is -2.26. The Labute approximate surface area is 94.5 Å². The van der Waals surface area contributed by atoms with Crippen LogP contribution in [-0.2, 0) is 9.47 Å². The summed E-state index contributed by atoms with van der Waals surface area (Å²) in [6.45, 7) is 12.1. The average molecular weight is 217 g/mol. The SMILES string of the molecule is COCCCOCC(C)(C)CNC(C)C. The molecule has 0 atom stereocenters. The van der Waals surface area contributed by atoms with Crippen LogP contribution in [0.15, 0.2) is 0 Å². The van der Waals surface area contributed by atoms with Gasteiger partial charge in [-0.05, 0) is 6.42 Å². The Morgan fingerprint density at radius 1 is 1.20 bits per heavy atom. The summed E-state index contributed by atoms with van der Waals surface area (Å²) >= 11 is 0. The van der Waals surface area contributed by atoms with Crippen molar-refractivity contribution in [3.63, 3.8) is 0 Å². The van der Waals surface area contributed by atoms with Crippen LogP contribution < -0.4 is 5.32 Å². The minimum absolute atomic E-state index is 0.206. The maximum absolute atomic E-state index is 5.61. The highest BCUT2D eigenvalue weighted by Crippen LogP contribution is 2.14. The highest BCUT2D eigenvalue weighted by molar-refractivity contribution is 4.72. The van der Waals surface area contributed by atoms with Gasteiger partial charge in [-0.1, -0.05) is 27.7 Å². The molecule has 0 bridgehead atoms. The number of methoxy groups -OCH3 is 1. The second-order valence-corrected chi connectivity index (χ2v) is 5.10. The summed E-state index contributed by atoms with van der Waals surface area (Å²) in [7, 11) is 1.72. The van der Waals surface area contributed by atoms with Gasteiger partial charge in [-0.2, -0.15) is 0 Å². The predicted octanol–water partition coefficient (Wildman–Crippen LogP) is 2.06. The lowest BCUT2D eigenvalue weighted by atomic mass is 9.94. The van der Waals surface area contributed by atoms with Crippen molar-refractivity contribution in [2.75, 3.05) is 33.5 Å². The Morgan fingerprint density at radius 3 is 2.40 bits per heavy atom. The van der Waals surface area contributed by atoms with E-state index in [2.05, 4.69) is 33.0 Å². The maximum Gasteiger partial charge on any atom is 0.0529 e. The number of nitrogens with one attached hydrogen (secondary N) is 1. The molecule has 0 amide bonds. The van der Waals surface area contributed by atoms with Crippen molar-refractivity contribution < 1.29 is 9.47 Å². The Hall–Kier alpha value is -0.120. The Morgan fingerprint density at radius 2 is 1.87 bits per heavy atom. The van der Waals surface area contributed by atoms with E-state index in [4.69, 9.17) is 9.47 Å². The molecule has 0 aliphatic heterocycles. The summed E-state index contributed by atoms with van der Waals surface area (Å²) in [5.74, 6) is 0. The van der Waals surface area contributed by atoms with Crippen molar-refractivity contribution in [1.82, 2.24) is 5.32 Å². The molecule has 0 aliphatic rings. The van der Waals surface area contributed by atoms with Gasteiger partial charge in [0.1, 0.15) is 0 Å². The molecule has 0 radical (unpaired) electrons. The predicted molar refractivity (Wildman–Crippen MR) is 64.2 cm³/mol. The molecule has 0 heterocycles. The van der Waals surface area contributed by atoms with E-state index in [1.165, 1.54) is 0 Å². The van der Waals surface area contributed by atoms with Crippen LogP contribution in [-0.4, -0.2) is 39.5 Å². The first-order valence-electron chi connectivity index (χ1n) is 5.78. The van der Waals surface area contributed by atoms with Crippen LogP contribution in [0.1, 0.15) is 34.1 Å². The molecule has 0 saturated carbocycles. The van der Waals surface area contributed by atoms with Crippen molar-refractivity contribution in [2.45, 2.75) is 40.2 Å². The maximum atomic E-state index is 5.61. The van der Waals surface area contributed by atoms with Gasteiger partial charge in [0.05, 0.1) is 6.61 Å². The third-order valence-electron chi connectivity index (χ3n) is 2.12. The molecule has 15 heavy (non-hydrogen) atoms. The van der Waals surface area contributed by atoms with Gasteiger partial charge in [0.2, 0.25) is 0 Å². The fourth-order valence-electron chi connectivity index (χ4n) is 1.19. The fourth-order valence-corrected chi connectivity index (χ4v) is 1.19. The first-order chi connectivity index (χ1) is 6.98. The number of hydrogen-bond donors (Lipinski definition) is 1. The molecule has 1 N–H and O–H groups in total. The zero-order valence-electron chi connectivity index (χ0n) is 10.9. The number of hydrogen-bond acceptors (Lipinski definition) is 3. The second kappa shape index (κ2) is 8.08. The molecule has 0 fully saturated rings. The lowest BCUT2D eigenvalue weighted by Crippen LogP contribution is -2.36. The molecule has 92 valence electrons. The average Bonchev–Trinajstić information content (AvgIpc) is 2.15. The van der Waals surface area contributed by atoms with Crippen LogP contribution in [0.2, 0.25) is 0 Å². The molecule has 0 saturated heterocycles. The van der Waals surface area contributed by atoms with Gasteiger partial charge < -0.3 is 14.8 Å². The highest BCUT2D eigenvalue weighted by atomic mass is 16.5. The summed E-state index contributed by atoms with van der Waals surface area (Å²) in [6, 6.07) is 0.540. The molecule has 0 aliphatic carbocycles. The molecule has 0 rings (SSSR count). The minimum atomic E-state index is 0.206. The van der Waals surface area contributed by atoms with E-state index < -0.39 is 0 Å². The Kier molecular flexibility index (Phi) is 8.02. The number of rotatable bonds is 9. The van der Waals surface area contributed by atoms with Gasteiger partial charge >= 0.3 is 0 Å². The van der Waals surface area contributed by atoms with Crippen LogP contribution in [0.25, 0.3) is 0 Å². The molecule has 3 nitrogen and oxygen atoms in total. The Bertz CT molecular complexity index is 147. The van der Waals surface area contributed by atoms with Crippen molar-refractivity contribution in [3.05, 3.63) is 0 Å². The first kappa shape index (κ1) is 14.9. The quantitative estimate of drug-likeness (QED) is 0.600. The molecule has 0 spiro atoms. The Balaban J connectivity index is 3.46. The largest absolute Gasteiger partial charge is 0.385 e. The summed E-state index contributed by atoms with van der Waals surface area (Å²) in [4.78, 5) is 0. The minimum Gasteiger partial charge on any atom is -0.385 e. The molecular formula is C12H27NO2. The summed E-state index contributed by atoms with van der Waals surface area (Å²) in [5, 5.41) is 3.43. The van der Waals surface area contributed by atoms with Gasteiger partial charge in [0.15, 0.2) is 0 Å². The van der Waals surface area contributed by atoms with Crippen molar-refractivity contribution in [3.8, 4) is 0 Å². The third-order valence-corrected chi connectivity index (χ3v) is 2.12. The van der Waals surface area contributed by atoms with E-state index in [1.54, 1.807) is 7.11 Å². The van der Waals surface area contributed by atoms with E-state index in [9.17, 15) is 0 Å². The lowest BCUT2D eigenvalue weighted by molar-refractivity contribution is 0.0483. The normalized spacial score (nSPS) is 12.4. The van der Waals surface area contributed by atoms with Gasteiger partial charge in [-0.3, -0.25) is 0 Å². The van der Waals surface area contributed by atoms with E-state index >= 15 is 0 Å². The second-order valence-electron chi connectivity index (χ2n) is 5.10. The monoisotopic (exact) mass is 217 g/mol. The summed E-state index contributed by atoms with van der Waals surface area (Å²) in [5.41, 5.74) is 0.206. The van der Waals surface area contributed by atoms with Gasteiger partial charge in [-0.15, -0.1) is 0 Å². The zero-order chi connectivity index (χ0) is 11.7. The van der Waals surface area contributed by atoms with Crippen molar-refractivity contribution >= 4 is 0 Å². The van der Waals surface area contributed by atoms with Crippen molar-refractivity contribution in [2.24, 2.45) is 5.41 Å². The van der Waals surface area contributed by atoms with Crippen LogP contribution in [0, 0.1) is 5.41 Å². The van der Waals surface area contributed by atoms with E-state index in [1.807, 2.05) is 0 Å². The third kappa shape index (κ3) is 10.2. The van der Waals surface area contributed by atoms with Crippen molar-refractivity contribution in [1.29, 1.82) is 0 Å². The molecule has 0 aromatic carbocycles. The molecule has 0 unspecified atom stereocenters. The van der Waals surface area contributed by atoms with Crippen LogP contribution >= 0.6 is 0 Å². The first-order valence-corrected chi connectivity index (χ1v) is 5.78. The van der Waals surface area contributed by atoms with Crippen LogP contribution in [0.4, 0.5) is 0 Å². The van der Waals surface area contributed by atoms with Crippen LogP contribution in [0.5, 0.6) is 0 Å². The van der Waals surface area contributed by atoms with E-state index in [0.717, 1.165) is 32.8 Å². The van der Waals surface area contributed by atoms with Crippen LogP contribution in [0.3, 0.4) is 0 Å². The molecule has 0 aromatic heterocycles. The summed E-state index contributed by atoms with van der Waals surface area (Å²) in [6.07, 6.45) is 0.976. The fraction of sp³-hybridized carbons (Fsp3) is 1.00. The summed E-state index contributed by atoms with van der Waals surface area (Å²) < 4.78 is 10.6. The zero-order valence-corrected chi connectivity index (χ0v) is 10.9. The topological polar surface area (TPSA) is 30.5 Å². The van der Waals surface area contributed by atoms with Gasteiger partial charge in [0.25, 0.3) is 0 Å². The molecular weight excluding hydrogens is 190 g/mol. The molecule has 3 heteroatoms. The number of ether oxygens (including phenoxy) is 2.